The summed E-state index contributed by atoms with van der Waals surface area (Å²) in [6, 6.07) is 9.80. The first kappa shape index (κ1) is 19.1. The van der Waals surface area contributed by atoms with E-state index in [1.807, 2.05) is 13.0 Å². The zero-order valence-corrected chi connectivity index (χ0v) is 17.0. The predicted molar refractivity (Wildman–Crippen MR) is 81.1 cm³/mol. The van der Waals surface area contributed by atoms with Gasteiger partial charge in [0.25, 0.3) is 6.43 Å². The summed E-state index contributed by atoms with van der Waals surface area (Å²) in [5.41, 5.74) is 1.46. The van der Waals surface area contributed by atoms with Crippen LogP contribution in [0.15, 0.2) is 38.0 Å². The summed E-state index contributed by atoms with van der Waals surface area (Å²) in [6.07, 6.45) is -2.61. The number of aryl methyl sites for hydroxylation is 1. The maximum atomic E-state index is 12.7. The van der Waals surface area contributed by atoms with Gasteiger partial charge in [-0.25, -0.2) is 8.78 Å². The van der Waals surface area contributed by atoms with Crippen LogP contribution in [0.1, 0.15) is 5.56 Å². The number of nitrogens with zero attached hydrogens (tertiary/aromatic N) is 1. The van der Waals surface area contributed by atoms with Crippen LogP contribution in [0.3, 0.4) is 0 Å². The van der Waals surface area contributed by atoms with E-state index in [0.29, 0.717) is 11.3 Å². The number of aromatic nitrogens is 1. The number of pyridine rings is 1. The third-order valence-corrected chi connectivity index (χ3v) is 3.88. The Hall–Kier alpha value is 0.0939. The van der Waals surface area contributed by atoms with Crippen LogP contribution < -0.4 is 5.56 Å². The Morgan fingerprint density at radius 3 is 2.57 bits per heavy atom. The molecule has 2 rings (SSSR count). The number of halogens is 4. The Labute approximate surface area is 163 Å². The molecule has 0 saturated heterocycles. The van der Waals surface area contributed by atoms with E-state index in [1.54, 1.807) is 12.1 Å². The number of hydrogen-bond donors (Lipinski definition) is 0. The van der Waals surface area contributed by atoms with Crippen molar-refractivity contribution in [2.75, 3.05) is 0 Å². The van der Waals surface area contributed by atoms with E-state index in [0.717, 1.165) is 14.6 Å². The fraction of sp³-hybridized carbons (Fsp3) is 0.214. The third-order valence-electron chi connectivity index (χ3n) is 2.82. The largest absolute Gasteiger partial charge is 0.336 e. The van der Waals surface area contributed by atoms with Gasteiger partial charge < -0.3 is 4.57 Å². The molecule has 0 spiro atoms. The third kappa shape index (κ3) is 4.53. The number of rotatable bonds is 3. The first-order valence-electron chi connectivity index (χ1n) is 5.76. The molecule has 0 unspecified atom stereocenters. The molecule has 0 bridgehead atoms. The molecule has 1 aromatic carbocycles. The fourth-order valence-corrected chi connectivity index (χ4v) is 2.73. The van der Waals surface area contributed by atoms with Gasteiger partial charge in [-0.2, -0.15) is 12.1 Å². The van der Waals surface area contributed by atoms with Crippen molar-refractivity contribution in [3.63, 3.8) is 0 Å². The van der Waals surface area contributed by atoms with Crippen molar-refractivity contribution in [1.29, 1.82) is 0 Å². The molecular formula is C14H10Br2F2NOY-. The topological polar surface area (TPSA) is 22.0 Å². The minimum atomic E-state index is -2.61. The molecule has 2 aromatic rings. The van der Waals surface area contributed by atoms with Crippen LogP contribution in [-0.2, 0) is 39.3 Å². The van der Waals surface area contributed by atoms with E-state index in [-0.39, 0.29) is 37.2 Å². The van der Waals surface area contributed by atoms with Crippen molar-refractivity contribution in [2.45, 2.75) is 19.9 Å². The van der Waals surface area contributed by atoms with Gasteiger partial charge in [0.1, 0.15) is 0 Å². The van der Waals surface area contributed by atoms with Gasteiger partial charge in [-0.1, -0.05) is 51.8 Å². The number of hydrogen-bond acceptors (Lipinski definition) is 1. The Bertz CT molecular complexity index is 704. The molecule has 0 amide bonds. The van der Waals surface area contributed by atoms with E-state index in [1.165, 1.54) is 6.07 Å². The maximum absolute atomic E-state index is 12.7. The molecular weight excluding hydrogens is 485 g/mol. The normalized spacial score (nSPS) is 10.6. The minimum absolute atomic E-state index is 0. The Balaban J connectivity index is 0.00000220. The molecule has 0 saturated carbocycles. The van der Waals surface area contributed by atoms with Gasteiger partial charge in [-0.3, -0.25) is 4.79 Å². The van der Waals surface area contributed by atoms with Gasteiger partial charge in [0.15, 0.2) is 0 Å². The molecule has 0 aliphatic carbocycles. The maximum Gasteiger partial charge on any atom is 0.256 e. The van der Waals surface area contributed by atoms with Crippen LogP contribution in [0, 0.1) is 13.0 Å². The summed E-state index contributed by atoms with van der Waals surface area (Å²) in [4.78, 5) is 12.0. The summed E-state index contributed by atoms with van der Waals surface area (Å²) in [5.74, 6) is 0. The molecule has 109 valence electrons. The molecule has 0 aliphatic heterocycles. The number of alkyl halides is 2. The molecule has 1 heterocycles. The predicted octanol–water partition coefficient (Wildman–Crippen LogP) is 4.41. The van der Waals surface area contributed by atoms with Crippen LogP contribution in [0.5, 0.6) is 0 Å². The summed E-state index contributed by atoms with van der Waals surface area (Å²) < 4.78 is 27.5. The standard InChI is InChI=1S/C14H10Br2F2NO.Y/c1-8-6-9(15)2-3-10(8)12-5-4-11(16)14(20)19(12)7-13(17)18;/h2-4,6,13H,7H2,1H3;/q-1;. The molecule has 7 heteroatoms. The number of benzene rings is 1. The second-order valence-electron chi connectivity index (χ2n) is 4.25. The SMILES string of the molecule is Cc1cc(Br)ccc1-c1[c-]cc(Br)c(=O)n1CC(F)F.[Y]. The zero-order chi connectivity index (χ0) is 14.9. The first-order valence-corrected chi connectivity index (χ1v) is 7.34. The Morgan fingerprint density at radius 1 is 1.33 bits per heavy atom. The van der Waals surface area contributed by atoms with Crippen molar-refractivity contribution in [3.8, 4) is 11.3 Å². The Morgan fingerprint density at radius 2 is 2.00 bits per heavy atom. The van der Waals surface area contributed by atoms with E-state index in [4.69, 9.17) is 0 Å². The van der Waals surface area contributed by atoms with E-state index < -0.39 is 18.5 Å². The van der Waals surface area contributed by atoms with Crippen molar-refractivity contribution in [1.82, 2.24) is 4.57 Å². The quantitative estimate of drug-likeness (QED) is 0.579. The van der Waals surface area contributed by atoms with Gasteiger partial charge >= 0.3 is 0 Å². The average molecular weight is 495 g/mol. The molecule has 21 heavy (non-hydrogen) atoms. The summed E-state index contributed by atoms with van der Waals surface area (Å²) >= 11 is 6.40. The zero-order valence-electron chi connectivity index (χ0n) is 11.0. The van der Waals surface area contributed by atoms with E-state index in [9.17, 15) is 13.6 Å². The summed E-state index contributed by atoms with van der Waals surface area (Å²) in [5, 5.41) is 0. The van der Waals surface area contributed by atoms with Crippen molar-refractivity contribution < 1.29 is 41.5 Å². The van der Waals surface area contributed by atoms with Crippen LogP contribution in [0.2, 0.25) is 0 Å². The average Bonchev–Trinajstić information content (AvgIpc) is 2.36. The van der Waals surface area contributed by atoms with Crippen molar-refractivity contribution in [3.05, 3.63) is 55.2 Å². The van der Waals surface area contributed by atoms with Gasteiger partial charge in [-0.05, 0) is 4.47 Å². The molecule has 0 fully saturated rings. The molecule has 2 nitrogen and oxygen atoms in total. The van der Waals surface area contributed by atoms with Crippen LogP contribution in [0.4, 0.5) is 8.78 Å². The second-order valence-corrected chi connectivity index (χ2v) is 6.02. The molecule has 1 aromatic heterocycles. The molecule has 1 radical (unpaired) electrons. The molecule has 0 aliphatic rings. The van der Waals surface area contributed by atoms with Gasteiger partial charge in [0, 0.05) is 37.2 Å². The van der Waals surface area contributed by atoms with E-state index in [2.05, 4.69) is 37.9 Å². The van der Waals surface area contributed by atoms with E-state index >= 15 is 0 Å². The summed E-state index contributed by atoms with van der Waals surface area (Å²) in [6.45, 7) is 1.20. The first-order chi connectivity index (χ1) is 9.40. The van der Waals surface area contributed by atoms with Crippen LogP contribution in [-0.4, -0.2) is 11.0 Å². The van der Waals surface area contributed by atoms with Gasteiger partial charge in [-0.15, -0.1) is 22.0 Å². The minimum Gasteiger partial charge on any atom is -0.336 e. The molecule has 0 N–H and O–H groups in total. The van der Waals surface area contributed by atoms with Crippen molar-refractivity contribution >= 4 is 31.9 Å². The van der Waals surface area contributed by atoms with Crippen LogP contribution >= 0.6 is 31.9 Å². The monoisotopic (exact) mass is 493 g/mol. The van der Waals surface area contributed by atoms with Gasteiger partial charge in [0.2, 0.25) is 5.56 Å². The second kappa shape index (κ2) is 8.09. The van der Waals surface area contributed by atoms with Crippen LogP contribution in [0.25, 0.3) is 11.3 Å². The fourth-order valence-electron chi connectivity index (χ4n) is 1.93. The molecule has 0 atom stereocenters. The van der Waals surface area contributed by atoms with Gasteiger partial charge in [0.05, 0.1) is 6.54 Å². The Kier molecular flexibility index (Phi) is 7.37. The van der Waals surface area contributed by atoms with Crippen molar-refractivity contribution in [2.24, 2.45) is 0 Å². The summed E-state index contributed by atoms with van der Waals surface area (Å²) in [7, 11) is 0. The smallest absolute Gasteiger partial charge is 0.256 e.